The molecular weight excluding hydrogens is 482 g/mol. The van der Waals surface area contributed by atoms with Crippen LogP contribution in [-0.2, 0) is 22.3 Å². The Morgan fingerprint density at radius 1 is 1.17 bits per heavy atom. The molecule has 1 fully saturated rings. The van der Waals surface area contributed by atoms with Gasteiger partial charge in [0.05, 0.1) is 42.9 Å². The molecule has 0 radical (unpaired) electrons. The van der Waals surface area contributed by atoms with Gasteiger partial charge >= 0.3 is 12.1 Å². The number of rotatable bonds is 7. The number of halogens is 4. The summed E-state index contributed by atoms with van der Waals surface area (Å²) in [5, 5.41) is 20.2. The van der Waals surface area contributed by atoms with Crippen LogP contribution >= 0.6 is 0 Å². The number of ether oxygens (including phenoxy) is 1. The zero-order valence-electron chi connectivity index (χ0n) is 19.2. The minimum absolute atomic E-state index is 0.0491. The summed E-state index contributed by atoms with van der Waals surface area (Å²) in [6.45, 7) is 4.17. The van der Waals surface area contributed by atoms with Gasteiger partial charge in [0, 0.05) is 24.9 Å². The lowest BCUT2D eigenvalue weighted by Crippen LogP contribution is -2.36. The Morgan fingerprint density at radius 3 is 2.61 bits per heavy atom. The van der Waals surface area contributed by atoms with E-state index < -0.39 is 23.5 Å². The summed E-state index contributed by atoms with van der Waals surface area (Å²) in [5.41, 5.74) is 1.91. The third kappa shape index (κ3) is 5.82. The molecule has 0 spiro atoms. The van der Waals surface area contributed by atoms with Crippen LogP contribution in [0, 0.1) is 5.82 Å². The van der Waals surface area contributed by atoms with Gasteiger partial charge in [-0.1, -0.05) is 11.3 Å². The Morgan fingerprint density at radius 2 is 1.92 bits per heavy atom. The second-order valence-corrected chi connectivity index (χ2v) is 8.17. The van der Waals surface area contributed by atoms with E-state index >= 15 is 0 Å². The van der Waals surface area contributed by atoms with Crippen molar-refractivity contribution in [1.82, 2.24) is 15.0 Å². The van der Waals surface area contributed by atoms with E-state index in [1.54, 1.807) is 19.2 Å². The number of benzene rings is 2. The number of hydrogen-bond acceptors (Lipinski definition) is 6. The Hall–Kier alpha value is -3.93. The molecular formula is C24H23F4N5O3. The number of carbonyl (C=O) groups is 1. The van der Waals surface area contributed by atoms with Crippen molar-refractivity contribution in [1.29, 1.82) is 0 Å². The highest BCUT2D eigenvalue weighted by molar-refractivity contribution is 5.90. The minimum atomic E-state index is -4.81. The topological polar surface area (TPSA) is 92.5 Å². The summed E-state index contributed by atoms with van der Waals surface area (Å²) in [6.07, 6.45) is -2.07. The molecule has 0 bridgehead atoms. The summed E-state index contributed by atoms with van der Waals surface area (Å²) in [4.78, 5) is 13.2. The van der Waals surface area contributed by atoms with E-state index in [4.69, 9.17) is 9.84 Å². The molecule has 4 rings (SSSR count). The number of morpholine rings is 1. The van der Waals surface area contributed by atoms with E-state index in [9.17, 15) is 22.4 Å². The van der Waals surface area contributed by atoms with Crippen molar-refractivity contribution < 1.29 is 32.2 Å². The molecule has 0 atom stereocenters. The predicted octanol–water partition coefficient (Wildman–Crippen LogP) is 4.36. The van der Waals surface area contributed by atoms with Crippen molar-refractivity contribution in [2.45, 2.75) is 19.6 Å². The first-order valence-electron chi connectivity index (χ1n) is 11.0. The highest BCUT2D eigenvalue weighted by Crippen LogP contribution is 2.33. The van der Waals surface area contributed by atoms with Crippen LogP contribution in [0.25, 0.3) is 11.3 Å². The third-order valence-corrected chi connectivity index (χ3v) is 5.66. The Kier molecular flexibility index (Phi) is 7.25. The van der Waals surface area contributed by atoms with E-state index in [-0.39, 0.29) is 12.2 Å². The second kappa shape index (κ2) is 10.4. The molecule has 0 unspecified atom stereocenters. The maximum Gasteiger partial charge on any atom is 0.419 e. The zero-order chi connectivity index (χ0) is 25.9. The summed E-state index contributed by atoms with van der Waals surface area (Å²) in [5.74, 6) is -2.41. The first-order chi connectivity index (χ1) is 17.1. The smallest absolute Gasteiger partial charge is 0.419 e. The van der Waals surface area contributed by atoms with E-state index in [1.807, 2.05) is 12.1 Å². The second-order valence-electron chi connectivity index (χ2n) is 8.17. The fraction of sp³-hybridized carbons (Fsp3) is 0.292. The number of nitrogens with zero attached hydrogens (tertiary/aromatic N) is 4. The highest BCUT2D eigenvalue weighted by Gasteiger charge is 2.34. The van der Waals surface area contributed by atoms with Gasteiger partial charge in [-0.2, -0.15) is 13.2 Å². The zero-order valence-corrected chi connectivity index (χ0v) is 19.2. The number of hydrogen-bond donors (Lipinski definition) is 2. The van der Waals surface area contributed by atoms with E-state index in [2.05, 4.69) is 20.5 Å². The summed E-state index contributed by atoms with van der Waals surface area (Å²) in [6, 6.07) is 8.20. The SMILES string of the molecule is C/C(=C\C(=O)O)c1ccc(N2CCOCC2)c(-n2cc(CNc3ccc(F)c(C(F)(F)F)c3)nn2)c1. The Labute approximate surface area is 203 Å². The van der Waals surface area contributed by atoms with Gasteiger partial charge < -0.3 is 20.1 Å². The van der Waals surface area contributed by atoms with Gasteiger partial charge in [-0.3, -0.25) is 0 Å². The molecule has 0 amide bonds. The highest BCUT2D eigenvalue weighted by atomic mass is 19.4. The number of alkyl halides is 3. The van der Waals surface area contributed by atoms with Crippen LogP contribution in [0.15, 0.2) is 48.7 Å². The summed E-state index contributed by atoms with van der Waals surface area (Å²) >= 11 is 0. The lowest BCUT2D eigenvalue weighted by Gasteiger charge is -2.30. The molecule has 2 aromatic carbocycles. The van der Waals surface area contributed by atoms with E-state index in [0.717, 1.165) is 17.8 Å². The fourth-order valence-corrected chi connectivity index (χ4v) is 3.83. The number of carboxylic acid groups (broad SMARTS) is 1. The lowest BCUT2D eigenvalue weighted by molar-refractivity contribution is -0.140. The summed E-state index contributed by atoms with van der Waals surface area (Å²) < 4.78 is 59.5. The average molecular weight is 505 g/mol. The molecule has 2 N–H and O–H groups in total. The molecule has 3 aromatic rings. The first kappa shape index (κ1) is 25.2. The Balaban J connectivity index is 1.61. The molecule has 36 heavy (non-hydrogen) atoms. The molecule has 2 heterocycles. The standard InChI is InChI=1S/C24H23F4N5O3/c1-15(10-23(34)35)16-2-5-21(32-6-8-36-9-7-32)22(11-16)33-14-18(30-31-33)13-29-17-3-4-20(25)19(12-17)24(26,27)28/h2-5,10-12,14,29H,6-9,13H2,1H3,(H,34,35)/b15-10+. The number of allylic oxidation sites excluding steroid dienone is 1. The van der Waals surface area contributed by atoms with Crippen LogP contribution in [0.4, 0.5) is 28.9 Å². The maximum absolute atomic E-state index is 13.5. The number of anilines is 2. The van der Waals surface area contributed by atoms with E-state index in [1.165, 1.54) is 10.7 Å². The number of aliphatic carboxylic acids is 1. The quantitative estimate of drug-likeness (QED) is 0.364. The Bertz CT molecular complexity index is 1280. The minimum Gasteiger partial charge on any atom is -0.478 e. The normalized spacial score (nSPS) is 14.7. The van der Waals surface area contributed by atoms with Gasteiger partial charge in [-0.05, 0) is 48.4 Å². The summed E-state index contributed by atoms with van der Waals surface area (Å²) in [7, 11) is 0. The van der Waals surface area contributed by atoms with Crippen molar-refractivity contribution in [3.63, 3.8) is 0 Å². The molecule has 1 saturated heterocycles. The molecule has 12 heteroatoms. The van der Waals surface area contributed by atoms with Crippen molar-refractivity contribution in [3.05, 3.63) is 71.3 Å². The van der Waals surface area contributed by atoms with Crippen molar-refractivity contribution in [3.8, 4) is 5.69 Å². The molecule has 8 nitrogen and oxygen atoms in total. The van der Waals surface area contributed by atoms with Crippen LogP contribution < -0.4 is 10.2 Å². The van der Waals surface area contributed by atoms with Crippen molar-refractivity contribution in [2.24, 2.45) is 0 Å². The third-order valence-electron chi connectivity index (χ3n) is 5.66. The number of aromatic nitrogens is 3. The molecule has 190 valence electrons. The maximum atomic E-state index is 13.5. The van der Waals surface area contributed by atoms with Crippen molar-refractivity contribution in [2.75, 3.05) is 36.5 Å². The van der Waals surface area contributed by atoms with Gasteiger partial charge in [0.15, 0.2) is 0 Å². The van der Waals surface area contributed by atoms with Crippen LogP contribution in [0.5, 0.6) is 0 Å². The number of nitrogens with one attached hydrogen (secondary N) is 1. The molecule has 1 aliphatic rings. The van der Waals surface area contributed by atoms with Crippen LogP contribution in [0.1, 0.15) is 23.7 Å². The lowest BCUT2D eigenvalue weighted by atomic mass is 10.0. The van der Waals surface area contributed by atoms with Gasteiger partial charge in [0.1, 0.15) is 11.5 Å². The monoisotopic (exact) mass is 505 g/mol. The number of carboxylic acids is 1. The van der Waals surface area contributed by atoms with Gasteiger partial charge in [-0.25, -0.2) is 13.9 Å². The van der Waals surface area contributed by atoms with Gasteiger partial charge in [-0.15, -0.1) is 5.10 Å². The van der Waals surface area contributed by atoms with E-state index in [0.29, 0.717) is 54.9 Å². The van der Waals surface area contributed by atoms with Gasteiger partial charge in [0.2, 0.25) is 0 Å². The van der Waals surface area contributed by atoms with Crippen LogP contribution in [0.2, 0.25) is 0 Å². The van der Waals surface area contributed by atoms with Crippen molar-refractivity contribution >= 4 is 22.9 Å². The van der Waals surface area contributed by atoms with Crippen LogP contribution in [0.3, 0.4) is 0 Å². The van der Waals surface area contributed by atoms with Gasteiger partial charge in [0.25, 0.3) is 0 Å². The molecule has 1 aliphatic heterocycles. The predicted molar refractivity (Wildman–Crippen MR) is 124 cm³/mol. The first-order valence-corrected chi connectivity index (χ1v) is 11.0. The van der Waals surface area contributed by atoms with Crippen LogP contribution in [-0.4, -0.2) is 52.4 Å². The molecule has 0 aliphatic carbocycles. The molecule has 0 saturated carbocycles. The fourth-order valence-electron chi connectivity index (χ4n) is 3.83. The largest absolute Gasteiger partial charge is 0.478 e. The molecule has 1 aromatic heterocycles. The average Bonchev–Trinajstić information content (AvgIpc) is 3.31.